The van der Waals surface area contributed by atoms with E-state index in [1.165, 1.54) is 12.3 Å². The predicted molar refractivity (Wildman–Crippen MR) is 121 cm³/mol. The van der Waals surface area contributed by atoms with Crippen LogP contribution < -0.4 is 20.5 Å². The van der Waals surface area contributed by atoms with Crippen molar-refractivity contribution < 1.29 is 23.5 Å². The number of nitrogens with zero attached hydrogens (tertiary/aromatic N) is 3. The van der Waals surface area contributed by atoms with Gasteiger partial charge >= 0.3 is 0 Å². The highest BCUT2D eigenvalue weighted by molar-refractivity contribution is 5.99. The second-order valence-corrected chi connectivity index (χ2v) is 8.12. The van der Waals surface area contributed by atoms with Gasteiger partial charge < -0.3 is 25.4 Å². The van der Waals surface area contributed by atoms with E-state index in [9.17, 15) is 14.0 Å². The van der Waals surface area contributed by atoms with Gasteiger partial charge in [-0.2, -0.15) is 0 Å². The maximum atomic E-state index is 14.4. The lowest BCUT2D eigenvalue weighted by Gasteiger charge is -2.31. The quantitative estimate of drug-likeness (QED) is 0.597. The summed E-state index contributed by atoms with van der Waals surface area (Å²) in [6.07, 6.45) is 2.71. The Morgan fingerprint density at radius 2 is 1.97 bits per heavy atom. The molecular formula is C24H22FN5O4. The van der Waals surface area contributed by atoms with E-state index in [1.54, 1.807) is 41.3 Å². The van der Waals surface area contributed by atoms with E-state index in [0.29, 0.717) is 42.3 Å². The van der Waals surface area contributed by atoms with Gasteiger partial charge in [-0.1, -0.05) is 12.1 Å². The van der Waals surface area contributed by atoms with Gasteiger partial charge in [0.15, 0.2) is 17.3 Å². The molecule has 2 aliphatic rings. The Labute approximate surface area is 194 Å². The summed E-state index contributed by atoms with van der Waals surface area (Å²) >= 11 is 0. The van der Waals surface area contributed by atoms with Crippen LogP contribution in [0, 0.1) is 11.7 Å². The number of nitrogens with two attached hydrogens (primary N) is 1. The summed E-state index contributed by atoms with van der Waals surface area (Å²) in [4.78, 5) is 35.6. The lowest BCUT2D eigenvalue weighted by Crippen LogP contribution is -2.44. The third-order valence-electron chi connectivity index (χ3n) is 5.89. The van der Waals surface area contributed by atoms with E-state index < -0.39 is 17.6 Å². The Morgan fingerprint density at radius 1 is 1.15 bits per heavy atom. The van der Waals surface area contributed by atoms with Gasteiger partial charge in [-0.05, 0) is 43.2 Å². The number of carbonyl (C=O) groups is 2. The number of primary amides is 1. The molecule has 2 amide bonds. The lowest BCUT2D eigenvalue weighted by molar-refractivity contribution is -0.123. The molecule has 0 unspecified atom stereocenters. The van der Waals surface area contributed by atoms with Crippen LogP contribution in [0.15, 0.2) is 48.7 Å². The first kappa shape index (κ1) is 21.6. The molecule has 5 rings (SSSR count). The molecule has 2 aromatic carbocycles. The zero-order valence-electron chi connectivity index (χ0n) is 18.2. The number of ether oxygens (including phenoxy) is 2. The molecule has 10 heteroatoms. The number of anilines is 2. The standard InChI is InChI=1S/C24H22FN5O4/c25-17-5-1-2-6-18(17)28-23-16(24(32)30-9-3-4-15(12-30)21(26)31)11-27-22(29-23)14-7-8-19-20(10-14)34-13-33-19/h1-2,5-8,10-11,15H,3-4,9,12-13H2,(H2,26,31)(H,27,28,29)/t15-/m0/s1. The molecule has 3 aromatic rings. The van der Waals surface area contributed by atoms with Crippen molar-refractivity contribution in [2.24, 2.45) is 11.7 Å². The third kappa shape index (κ3) is 4.21. The van der Waals surface area contributed by atoms with Gasteiger partial charge in [0.05, 0.1) is 11.6 Å². The molecule has 2 aliphatic heterocycles. The summed E-state index contributed by atoms with van der Waals surface area (Å²) < 4.78 is 25.2. The molecule has 1 aromatic heterocycles. The molecule has 9 nitrogen and oxygen atoms in total. The molecule has 0 bridgehead atoms. The maximum Gasteiger partial charge on any atom is 0.259 e. The second kappa shape index (κ2) is 8.97. The fourth-order valence-electron chi connectivity index (χ4n) is 4.06. The van der Waals surface area contributed by atoms with Crippen molar-refractivity contribution in [1.82, 2.24) is 14.9 Å². The van der Waals surface area contributed by atoms with E-state index >= 15 is 0 Å². The molecule has 0 radical (unpaired) electrons. The number of halogens is 1. The number of benzene rings is 2. The van der Waals surface area contributed by atoms with Gasteiger partial charge in [0, 0.05) is 24.8 Å². The number of hydrogen-bond acceptors (Lipinski definition) is 7. The highest BCUT2D eigenvalue weighted by Gasteiger charge is 2.29. The number of amides is 2. The van der Waals surface area contributed by atoms with Crippen molar-refractivity contribution in [3.63, 3.8) is 0 Å². The zero-order chi connectivity index (χ0) is 23.7. The van der Waals surface area contributed by atoms with Crippen LogP contribution in [0.2, 0.25) is 0 Å². The average Bonchev–Trinajstić information content (AvgIpc) is 3.33. The Kier molecular flexibility index (Phi) is 5.70. The number of fused-ring (bicyclic) bond motifs is 1. The van der Waals surface area contributed by atoms with Gasteiger partial charge in [0.25, 0.3) is 5.91 Å². The van der Waals surface area contributed by atoms with Gasteiger partial charge in [-0.15, -0.1) is 0 Å². The minimum Gasteiger partial charge on any atom is -0.454 e. The maximum absolute atomic E-state index is 14.4. The third-order valence-corrected chi connectivity index (χ3v) is 5.89. The zero-order valence-corrected chi connectivity index (χ0v) is 18.2. The minimum atomic E-state index is -0.490. The Balaban J connectivity index is 1.52. The molecule has 0 aliphatic carbocycles. The number of rotatable bonds is 5. The van der Waals surface area contributed by atoms with Crippen molar-refractivity contribution in [2.75, 3.05) is 25.2 Å². The number of piperidine rings is 1. The molecule has 1 atom stereocenters. The van der Waals surface area contributed by atoms with Gasteiger partial charge in [-0.25, -0.2) is 14.4 Å². The van der Waals surface area contributed by atoms with E-state index in [1.807, 2.05) is 0 Å². The number of likely N-dealkylation sites (tertiary alicyclic amines) is 1. The molecule has 3 N–H and O–H groups in total. The molecule has 1 fully saturated rings. The SMILES string of the molecule is NC(=O)[C@H]1CCCN(C(=O)c2cnc(-c3ccc4c(c3)OCO4)nc2Nc2ccccc2F)C1. The van der Waals surface area contributed by atoms with Crippen LogP contribution in [-0.2, 0) is 4.79 Å². The van der Waals surface area contributed by atoms with Crippen molar-refractivity contribution >= 4 is 23.3 Å². The Morgan fingerprint density at radius 3 is 2.79 bits per heavy atom. The molecule has 34 heavy (non-hydrogen) atoms. The van der Waals surface area contributed by atoms with Crippen molar-refractivity contribution in [3.8, 4) is 22.9 Å². The van der Waals surface area contributed by atoms with Crippen LogP contribution in [0.5, 0.6) is 11.5 Å². The van der Waals surface area contributed by atoms with Crippen molar-refractivity contribution in [3.05, 3.63) is 60.0 Å². The normalized spacial score (nSPS) is 16.9. The largest absolute Gasteiger partial charge is 0.454 e. The van der Waals surface area contributed by atoms with Crippen LogP contribution in [0.3, 0.4) is 0 Å². The topological polar surface area (TPSA) is 120 Å². The van der Waals surface area contributed by atoms with E-state index in [0.717, 1.165) is 0 Å². The van der Waals surface area contributed by atoms with Crippen molar-refractivity contribution in [2.45, 2.75) is 12.8 Å². The highest BCUT2D eigenvalue weighted by Crippen LogP contribution is 2.35. The van der Waals surface area contributed by atoms with Gasteiger partial charge in [-0.3, -0.25) is 9.59 Å². The Bertz CT molecular complexity index is 1270. The smallest absolute Gasteiger partial charge is 0.259 e. The highest BCUT2D eigenvalue weighted by atomic mass is 19.1. The monoisotopic (exact) mass is 463 g/mol. The van der Waals surface area contributed by atoms with Crippen LogP contribution >= 0.6 is 0 Å². The summed E-state index contributed by atoms with van der Waals surface area (Å²) in [7, 11) is 0. The van der Waals surface area contributed by atoms with E-state index in [-0.39, 0.29) is 36.3 Å². The molecule has 174 valence electrons. The fourth-order valence-corrected chi connectivity index (χ4v) is 4.06. The lowest BCUT2D eigenvalue weighted by atomic mass is 9.97. The van der Waals surface area contributed by atoms with Gasteiger partial charge in [0.2, 0.25) is 12.7 Å². The summed E-state index contributed by atoms with van der Waals surface area (Å²) in [5.74, 6) is -0.0320. The van der Waals surface area contributed by atoms with Crippen LogP contribution in [0.1, 0.15) is 23.2 Å². The predicted octanol–water partition coefficient (Wildman–Crippen LogP) is 3.09. The molecule has 0 saturated carbocycles. The first-order chi connectivity index (χ1) is 16.5. The summed E-state index contributed by atoms with van der Waals surface area (Å²) in [6.45, 7) is 0.832. The van der Waals surface area contributed by atoms with Crippen LogP contribution in [0.4, 0.5) is 15.9 Å². The first-order valence-electron chi connectivity index (χ1n) is 10.9. The number of nitrogens with one attached hydrogen (secondary N) is 1. The number of carbonyl (C=O) groups excluding carboxylic acids is 2. The van der Waals surface area contributed by atoms with Gasteiger partial charge in [0.1, 0.15) is 17.2 Å². The van der Waals surface area contributed by atoms with Crippen LogP contribution in [0.25, 0.3) is 11.4 Å². The Hall–Kier alpha value is -4.21. The van der Waals surface area contributed by atoms with Crippen LogP contribution in [-0.4, -0.2) is 46.6 Å². The minimum absolute atomic E-state index is 0.134. The summed E-state index contributed by atoms with van der Waals surface area (Å²) in [5, 5.41) is 2.94. The number of para-hydroxylation sites is 1. The molecule has 1 saturated heterocycles. The second-order valence-electron chi connectivity index (χ2n) is 8.12. The molecule has 3 heterocycles. The van der Waals surface area contributed by atoms with E-state index in [2.05, 4.69) is 15.3 Å². The summed E-state index contributed by atoms with van der Waals surface area (Å²) in [5.41, 5.74) is 6.44. The van der Waals surface area contributed by atoms with Crippen molar-refractivity contribution in [1.29, 1.82) is 0 Å². The fraction of sp³-hybridized carbons (Fsp3) is 0.250. The molecular weight excluding hydrogens is 441 g/mol. The summed E-state index contributed by atoms with van der Waals surface area (Å²) in [6, 6.07) is 11.4. The average molecular weight is 463 g/mol. The first-order valence-corrected chi connectivity index (χ1v) is 10.9. The number of aromatic nitrogens is 2. The number of hydrogen-bond donors (Lipinski definition) is 2. The van der Waals surface area contributed by atoms with E-state index in [4.69, 9.17) is 15.2 Å². The molecule has 0 spiro atoms.